The molecule has 0 saturated carbocycles. The Bertz CT molecular complexity index is 1120. The van der Waals surface area contributed by atoms with E-state index >= 15 is 0 Å². The van der Waals surface area contributed by atoms with Gasteiger partial charge in [0.15, 0.2) is 0 Å². The van der Waals surface area contributed by atoms with Crippen LogP contribution in [0.1, 0.15) is 34.1 Å². The van der Waals surface area contributed by atoms with Crippen LogP contribution >= 0.6 is 0 Å². The predicted molar refractivity (Wildman–Crippen MR) is 123 cm³/mol. The minimum absolute atomic E-state index is 0.176. The molecule has 158 valence electrons. The number of allylic oxidation sites excluding steroid dienone is 2. The zero-order valence-corrected chi connectivity index (χ0v) is 17.8. The molecule has 0 fully saturated rings. The zero-order valence-electron chi connectivity index (χ0n) is 17.8. The minimum Gasteiger partial charge on any atom is -0.457 e. The maximum absolute atomic E-state index is 12.7. The number of pyridine rings is 2. The highest BCUT2D eigenvalue weighted by atomic mass is 16.5. The number of carbonyl (C=O) groups is 1. The van der Waals surface area contributed by atoms with E-state index in [9.17, 15) is 4.79 Å². The fourth-order valence-electron chi connectivity index (χ4n) is 3.04. The summed E-state index contributed by atoms with van der Waals surface area (Å²) in [5, 5.41) is 2.93. The van der Waals surface area contributed by atoms with Crippen LogP contribution in [-0.4, -0.2) is 29.1 Å². The first-order chi connectivity index (χ1) is 15.0. The summed E-state index contributed by atoms with van der Waals surface area (Å²) in [6.07, 6.45) is 7.00. The number of amides is 1. The minimum atomic E-state index is -0.176. The third-order valence-electron chi connectivity index (χ3n) is 4.65. The van der Waals surface area contributed by atoms with Crippen molar-refractivity contribution < 1.29 is 9.53 Å². The quantitative estimate of drug-likeness (QED) is 0.563. The van der Waals surface area contributed by atoms with Crippen molar-refractivity contribution in [2.24, 2.45) is 4.99 Å². The molecule has 7 heteroatoms. The number of rotatable bonds is 7. The maximum atomic E-state index is 12.7. The summed E-state index contributed by atoms with van der Waals surface area (Å²) in [4.78, 5) is 25.1. The van der Waals surface area contributed by atoms with Crippen molar-refractivity contribution in [2.75, 3.05) is 12.8 Å². The van der Waals surface area contributed by atoms with Crippen molar-refractivity contribution in [2.45, 2.75) is 20.4 Å². The van der Waals surface area contributed by atoms with E-state index in [1.165, 1.54) is 0 Å². The summed E-state index contributed by atoms with van der Waals surface area (Å²) in [6.45, 7) is 4.17. The second-order valence-electron chi connectivity index (χ2n) is 6.81. The van der Waals surface area contributed by atoms with Crippen molar-refractivity contribution in [1.29, 1.82) is 0 Å². The van der Waals surface area contributed by atoms with Gasteiger partial charge in [-0.3, -0.25) is 14.8 Å². The van der Waals surface area contributed by atoms with Gasteiger partial charge in [0.25, 0.3) is 5.91 Å². The van der Waals surface area contributed by atoms with Gasteiger partial charge in [0.2, 0.25) is 0 Å². The van der Waals surface area contributed by atoms with E-state index in [2.05, 4.69) is 20.3 Å². The molecule has 0 radical (unpaired) electrons. The Labute approximate surface area is 181 Å². The number of aromatic nitrogens is 2. The SMILES string of the molecule is C/C=C(\C=NC)c1cc(Oc2cccc(C(=O)NCc3ccncc3)c2C)cc(N)n1. The van der Waals surface area contributed by atoms with E-state index in [1.807, 2.05) is 38.1 Å². The largest absolute Gasteiger partial charge is 0.457 e. The van der Waals surface area contributed by atoms with Crippen LogP contribution in [0.15, 0.2) is 65.9 Å². The number of nitrogens with one attached hydrogen (secondary N) is 1. The summed E-state index contributed by atoms with van der Waals surface area (Å²) < 4.78 is 6.08. The molecule has 3 aromatic rings. The summed E-state index contributed by atoms with van der Waals surface area (Å²) >= 11 is 0. The first kappa shape index (κ1) is 21.7. The van der Waals surface area contributed by atoms with Crippen LogP contribution < -0.4 is 15.8 Å². The average molecular weight is 415 g/mol. The number of hydrogen-bond donors (Lipinski definition) is 2. The van der Waals surface area contributed by atoms with E-state index in [4.69, 9.17) is 10.5 Å². The van der Waals surface area contributed by atoms with Crippen molar-refractivity contribution in [1.82, 2.24) is 15.3 Å². The summed E-state index contributed by atoms with van der Waals surface area (Å²) in [5.41, 5.74) is 9.72. The molecule has 3 N–H and O–H groups in total. The lowest BCUT2D eigenvalue weighted by molar-refractivity contribution is 0.0950. The fourth-order valence-corrected chi connectivity index (χ4v) is 3.04. The Kier molecular flexibility index (Phi) is 7.11. The third-order valence-corrected chi connectivity index (χ3v) is 4.65. The number of anilines is 1. The number of benzene rings is 1. The molecule has 0 atom stereocenters. The highest BCUT2D eigenvalue weighted by molar-refractivity contribution is 6.09. The molecule has 1 amide bonds. The number of aliphatic imine (C=N–C) groups is 1. The summed E-state index contributed by atoms with van der Waals surface area (Å²) in [5.74, 6) is 1.26. The molecule has 0 saturated heterocycles. The number of hydrogen-bond acceptors (Lipinski definition) is 6. The van der Waals surface area contributed by atoms with Gasteiger partial charge in [-0.25, -0.2) is 4.98 Å². The lowest BCUT2D eigenvalue weighted by Crippen LogP contribution is -2.23. The first-order valence-corrected chi connectivity index (χ1v) is 9.82. The standard InChI is InChI=1S/C24H25N5O2/c1-4-18(15-26-3)21-12-19(13-23(25)29-21)31-22-7-5-6-20(16(22)2)24(30)28-14-17-8-10-27-11-9-17/h4-13,15H,14H2,1-3H3,(H2,25,29)(H,28,30)/b18-4+,26-15?. The highest BCUT2D eigenvalue weighted by Crippen LogP contribution is 2.29. The molecule has 0 unspecified atom stereocenters. The van der Waals surface area contributed by atoms with Crippen LogP contribution in [0.2, 0.25) is 0 Å². The zero-order chi connectivity index (χ0) is 22.2. The van der Waals surface area contributed by atoms with Gasteiger partial charge in [0, 0.05) is 61.0 Å². The van der Waals surface area contributed by atoms with Crippen LogP contribution in [0.25, 0.3) is 5.57 Å². The summed E-state index contributed by atoms with van der Waals surface area (Å²) in [6, 6.07) is 12.5. The predicted octanol–water partition coefficient (Wildman–Crippen LogP) is 4.19. The molecule has 0 bridgehead atoms. The molecule has 1 aromatic carbocycles. The lowest BCUT2D eigenvalue weighted by Gasteiger charge is -2.14. The van der Waals surface area contributed by atoms with Gasteiger partial charge in [-0.15, -0.1) is 0 Å². The Morgan fingerprint density at radius 2 is 2.00 bits per heavy atom. The van der Waals surface area contributed by atoms with Crippen LogP contribution in [-0.2, 0) is 6.54 Å². The van der Waals surface area contributed by atoms with E-state index < -0.39 is 0 Å². The van der Waals surface area contributed by atoms with Crippen LogP contribution in [0, 0.1) is 6.92 Å². The van der Waals surface area contributed by atoms with Gasteiger partial charge in [-0.1, -0.05) is 12.1 Å². The molecule has 0 aliphatic rings. The van der Waals surface area contributed by atoms with Crippen molar-refractivity contribution >= 4 is 23.5 Å². The fraction of sp³-hybridized carbons (Fsp3) is 0.167. The van der Waals surface area contributed by atoms with Gasteiger partial charge in [0.05, 0.1) is 5.69 Å². The monoisotopic (exact) mass is 415 g/mol. The molecule has 0 aliphatic carbocycles. The molecule has 0 aliphatic heterocycles. The van der Waals surface area contributed by atoms with Crippen molar-refractivity contribution in [3.8, 4) is 11.5 Å². The van der Waals surface area contributed by atoms with E-state index in [0.29, 0.717) is 35.1 Å². The molecule has 2 aromatic heterocycles. The Balaban J connectivity index is 1.82. The van der Waals surface area contributed by atoms with Crippen molar-refractivity contribution in [3.05, 3.63) is 83.3 Å². The van der Waals surface area contributed by atoms with E-state index in [0.717, 1.165) is 16.7 Å². The van der Waals surface area contributed by atoms with Crippen molar-refractivity contribution in [3.63, 3.8) is 0 Å². The van der Waals surface area contributed by atoms with Gasteiger partial charge in [-0.2, -0.15) is 0 Å². The number of ether oxygens (including phenoxy) is 1. The number of nitrogen functional groups attached to an aromatic ring is 1. The smallest absolute Gasteiger partial charge is 0.251 e. The van der Waals surface area contributed by atoms with Crippen LogP contribution in [0.5, 0.6) is 11.5 Å². The third kappa shape index (κ3) is 5.54. The highest BCUT2D eigenvalue weighted by Gasteiger charge is 2.14. The lowest BCUT2D eigenvalue weighted by atomic mass is 10.1. The Morgan fingerprint density at radius 1 is 1.23 bits per heavy atom. The molecular formula is C24H25N5O2. The molecule has 31 heavy (non-hydrogen) atoms. The Hall–Kier alpha value is -4.00. The van der Waals surface area contributed by atoms with Gasteiger partial charge in [-0.05, 0) is 43.7 Å². The molecule has 3 rings (SSSR count). The average Bonchev–Trinajstić information content (AvgIpc) is 2.77. The number of nitrogens with two attached hydrogens (primary N) is 1. The molecule has 2 heterocycles. The van der Waals surface area contributed by atoms with Crippen LogP contribution in [0.4, 0.5) is 5.82 Å². The number of carbonyl (C=O) groups excluding carboxylic acids is 1. The van der Waals surface area contributed by atoms with Crippen LogP contribution in [0.3, 0.4) is 0 Å². The molecule has 0 spiro atoms. The second-order valence-corrected chi connectivity index (χ2v) is 6.81. The van der Waals surface area contributed by atoms with Gasteiger partial charge < -0.3 is 15.8 Å². The molecule has 7 nitrogen and oxygen atoms in total. The number of nitrogens with zero attached hydrogens (tertiary/aromatic N) is 3. The normalized spacial score (nSPS) is 11.5. The summed E-state index contributed by atoms with van der Waals surface area (Å²) in [7, 11) is 1.70. The first-order valence-electron chi connectivity index (χ1n) is 9.82. The van der Waals surface area contributed by atoms with E-state index in [1.54, 1.807) is 49.9 Å². The Morgan fingerprint density at radius 3 is 2.71 bits per heavy atom. The second kappa shape index (κ2) is 10.2. The van der Waals surface area contributed by atoms with Gasteiger partial charge >= 0.3 is 0 Å². The maximum Gasteiger partial charge on any atom is 0.251 e. The molecular weight excluding hydrogens is 390 g/mol. The topological polar surface area (TPSA) is 102 Å². The van der Waals surface area contributed by atoms with E-state index in [-0.39, 0.29) is 5.91 Å². The van der Waals surface area contributed by atoms with Gasteiger partial charge in [0.1, 0.15) is 17.3 Å².